The van der Waals surface area contributed by atoms with Crippen LogP contribution in [0, 0.1) is 0 Å². The maximum atomic E-state index is 11.9. The molecule has 0 fully saturated rings. The van der Waals surface area contributed by atoms with Gasteiger partial charge in [-0.15, -0.1) is 0 Å². The van der Waals surface area contributed by atoms with Crippen LogP contribution in [0.4, 0.5) is 0 Å². The van der Waals surface area contributed by atoms with E-state index in [-0.39, 0.29) is 18.4 Å². The second-order valence-corrected chi connectivity index (χ2v) is 5.70. The largest absolute Gasteiger partial charge is 0.493 e. The number of hydrogen-bond donors (Lipinski definition) is 2. The molecule has 7 heteroatoms. The number of rotatable bonds is 8. The number of amides is 2. The Labute approximate surface area is 144 Å². The average molecular weight is 348 g/mol. The Morgan fingerprint density at radius 2 is 2.00 bits per heavy atom. The molecule has 0 bridgehead atoms. The van der Waals surface area contributed by atoms with Crippen LogP contribution in [-0.4, -0.2) is 32.1 Å². The zero-order valence-corrected chi connectivity index (χ0v) is 14.4. The molecule has 0 radical (unpaired) electrons. The van der Waals surface area contributed by atoms with Gasteiger partial charge < -0.3 is 20.1 Å². The van der Waals surface area contributed by atoms with Gasteiger partial charge in [-0.25, -0.2) is 0 Å². The molecule has 0 saturated heterocycles. The van der Waals surface area contributed by atoms with Gasteiger partial charge in [0.1, 0.15) is 0 Å². The van der Waals surface area contributed by atoms with E-state index in [9.17, 15) is 9.59 Å². The van der Waals surface area contributed by atoms with Gasteiger partial charge in [0.2, 0.25) is 0 Å². The molecule has 2 aromatic rings. The molecule has 0 aliphatic rings. The third-order valence-electron chi connectivity index (χ3n) is 3.20. The van der Waals surface area contributed by atoms with Gasteiger partial charge in [-0.2, -0.15) is 11.3 Å². The topological polar surface area (TPSA) is 76.7 Å². The lowest BCUT2D eigenvalue weighted by molar-refractivity contribution is -0.123. The SMILES string of the molecule is CCNC(=O)COc1ccc(CNC(=O)c2ccsc2)cc1OC. The standard InChI is InChI=1S/C17H20N2O4S/c1-3-18-16(20)10-23-14-5-4-12(8-15(14)22-2)9-19-17(21)13-6-7-24-11-13/h4-8,11H,3,9-10H2,1-2H3,(H,18,20)(H,19,21). The third kappa shape index (κ3) is 4.99. The van der Waals surface area contributed by atoms with Gasteiger partial charge in [-0.1, -0.05) is 6.07 Å². The van der Waals surface area contributed by atoms with Gasteiger partial charge in [0.05, 0.1) is 7.11 Å². The van der Waals surface area contributed by atoms with Crippen LogP contribution in [0.2, 0.25) is 0 Å². The van der Waals surface area contributed by atoms with E-state index >= 15 is 0 Å². The first kappa shape index (κ1) is 17.8. The average Bonchev–Trinajstić information content (AvgIpc) is 3.13. The van der Waals surface area contributed by atoms with E-state index < -0.39 is 0 Å². The zero-order valence-electron chi connectivity index (χ0n) is 13.6. The number of benzene rings is 1. The smallest absolute Gasteiger partial charge is 0.257 e. The molecule has 1 aromatic carbocycles. The predicted octanol–water partition coefficient (Wildman–Crippen LogP) is 2.20. The summed E-state index contributed by atoms with van der Waals surface area (Å²) in [5.41, 5.74) is 1.52. The lowest BCUT2D eigenvalue weighted by Gasteiger charge is -2.12. The molecule has 2 rings (SSSR count). The fraction of sp³-hybridized carbons (Fsp3) is 0.294. The van der Waals surface area contributed by atoms with Gasteiger partial charge in [0, 0.05) is 24.0 Å². The molecule has 0 saturated carbocycles. The number of ether oxygens (including phenoxy) is 2. The van der Waals surface area contributed by atoms with E-state index in [1.165, 1.54) is 18.4 Å². The van der Waals surface area contributed by atoms with Crippen molar-refractivity contribution < 1.29 is 19.1 Å². The van der Waals surface area contributed by atoms with Crippen molar-refractivity contribution in [3.63, 3.8) is 0 Å². The number of hydrogen-bond acceptors (Lipinski definition) is 5. The molecule has 6 nitrogen and oxygen atoms in total. The van der Waals surface area contributed by atoms with Gasteiger partial charge in [-0.3, -0.25) is 9.59 Å². The molecule has 2 amide bonds. The normalized spacial score (nSPS) is 10.1. The second kappa shape index (κ2) is 8.93. The van der Waals surface area contributed by atoms with Crippen molar-refractivity contribution in [1.82, 2.24) is 10.6 Å². The van der Waals surface area contributed by atoms with Crippen LogP contribution < -0.4 is 20.1 Å². The molecule has 128 valence electrons. The molecule has 0 aliphatic heterocycles. The fourth-order valence-corrected chi connectivity index (χ4v) is 2.65. The van der Waals surface area contributed by atoms with Crippen molar-refractivity contribution in [2.75, 3.05) is 20.3 Å². The fourth-order valence-electron chi connectivity index (χ4n) is 2.01. The molecule has 1 aromatic heterocycles. The lowest BCUT2D eigenvalue weighted by Crippen LogP contribution is -2.28. The molecule has 0 atom stereocenters. The molecule has 2 N–H and O–H groups in total. The van der Waals surface area contributed by atoms with Crippen LogP contribution in [0.5, 0.6) is 11.5 Å². The minimum atomic E-state index is -0.188. The summed E-state index contributed by atoms with van der Waals surface area (Å²) in [7, 11) is 1.53. The molecule has 0 spiro atoms. The maximum Gasteiger partial charge on any atom is 0.257 e. The Bertz CT molecular complexity index is 686. The Hall–Kier alpha value is -2.54. The van der Waals surface area contributed by atoms with Gasteiger partial charge >= 0.3 is 0 Å². The number of carbonyl (C=O) groups is 2. The molecule has 24 heavy (non-hydrogen) atoms. The monoisotopic (exact) mass is 348 g/mol. The molecule has 0 unspecified atom stereocenters. The second-order valence-electron chi connectivity index (χ2n) is 4.92. The quantitative estimate of drug-likeness (QED) is 0.767. The van der Waals surface area contributed by atoms with E-state index in [1.807, 2.05) is 18.4 Å². The van der Waals surface area contributed by atoms with Crippen molar-refractivity contribution in [1.29, 1.82) is 0 Å². The predicted molar refractivity (Wildman–Crippen MR) is 92.7 cm³/mol. The third-order valence-corrected chi connectivity index (χ3v) is 3.88. The van der Waals surface area contributed by atoms with Gasteiger partial charge in [0.15, 0.2) is 18.1 Å². The number of thiophene rings is 1. The summed E-state index contributed by atoms with van der Waals surface area (Å²) in [4.78, 5) is 23.4. The van der Waals surface area contributed by atoms with Crippen molar-refractivity contribution >= 4 is 23.2 Å². The molecular formula is C17H20N2O4S. The highest BCUT2D eigenvalue weighted by atomic mass is 32.1. The summed E-state index contributed by atoms with van der Waals surface area (Å²) >= 11 is 1.48. The van der Waals surface area contributed by atoms with Crippen LogP contribution >= 0.6 is 11.3 Å². The zero-order chi connectivity index (χ0) is 17.4. The first-order valence-electron chi connectivity index (χ1n) is 7.50. The highest BCUT2D eigenvalue weighted by Crippen LogP contribution is 2.28. The summed E-state index contributed by atoms with van der Waals surface area (Å²) in [6.45, 7) is 2.71. The van der Waals surface area contributed by atoms with Crippen LogP contribution in [-0.2, 0) is 11.3 Å². The Morgan fingerprint density at radius 3 is 2.67 bits per heavy atom. The first-order valence-corrected chi connectivity index (χ1v) is 8.45. The van der Waals surface area contributed by atoms with E-state index in [0.717, 1.165) is 5.56 Å². The van der Waals surface area contributed by atoms with Crippen molar-refractivity contribution in [2.45, 2.75) is 13.5 Å². The summed E-state index contributed by atoms with van der Waals surface area (Å²) in [5, 5.41) is 9.17. The van der Waals surface area contributed by atoms with Crippen LogP contribution in [0.15, 0.2) is 35.0 Å². The van der Waals surface area contributed by atoms with Crippen molar-refractivity contribution in [2.24, 2.45) is 0 Å². The number of carbonyl (C=O) groups excluding carboxylic acids is 2. The van der Waals surface area contributed by atoms with E-state index in [2.05, 4.69) is 10.6 Å². The Balaban J connectivity index is 1.95. The van der Waals surface area contributed by atoms with Crippen LogP contribution in [0.3, 0.4) is 0 Å². The Morgan fingerprint density at radius 1 is 1.17 bits per heavy atom. The van der Waals surface area contributed by atoms with Gasteiger partial charge in [-0.05, 0) is 36.1 Å². The van der Waals surface area contributed by atoms with Crippen LogP contribution in [0.25, 0.3) is 0 Å². The Kier molecular flexibility index (Phi) is 6.62. The highest BCUT2D eigenvalue weighted by molar-refractivity contribution is 7.08. The van der Waals surface area contributed by atoms with E-state index in [1.54, 1.807) is 23.6 Å². The number of likely N-dealkylation sites (N-methyl/N-ethyl adjacent to an activating group) is 1. The number of nitrogens with one attached hydrogen (secondary N) is 2. The number of methoxy groups -OCH3 is 1. The lowest BCUT2D eigenvalue weighted by atomic mass is 10.2. The summed E-state index contributed by atoms with van der Waals surface area (Å²) in [5.74, 6) is 0.691. The van der Waals surface area contributed by atoms with Crippen molar-refractivity contribution in [3.05, 3.63) is 46.2 Å². The molecular weight excluding hydrogens is 328 g/mol. The van der Waals surface area contributed by atoms with Crippen molar-refractivity contribution in [3.8, 4) is 11.5 Å². The summed E-state index contributed by atoms with van der Waals surface area (Å²) in [6, 6.07) is 7.10. The molecule has 1 heterocycles. The maximum absolute atomic E-state index is 11.9. The minimum Gasteiger partial charge on any atom is -0.493 e. The van der Waals surface area contributed by atoms with Crippen LogP contribution in [0.1, 0.15) is 22.8 Å². The highest BCUT2D eigenvalue weighted by Gasteiger charge is 2.10. The van der Waals surface area contributed by atoms with E-state index in [0.29, 0.717) is 30.2 Å². The molecule has 0 aliphatic carbocycles. The first-order chi connectivity index (χ1) is 11.6. The summed E-state index contributed by atoms with van der Waals surface area (Å²) < 4.78 is 10.7. The summed E-state index contributed by atoms with van der Waals surface area (Å²) in [6.07, 6.45) is 0. The minimum absolute atomic E-state index is 0.0710. The van der Waals surface area contributed by atoms with Gasteiger partial charge in [0.25, 0.3) is 11.8 Å². The van der Waals surface area contributed by atoms with E-state index in [4.69, 9.17) is 9.47 Å².